The molecule has 1 aliphatic heterocycles. The third-order valence-electron chi connectivity index (χ3n) is 3.45. The first-order valence-corrected chi connectivity index (χ1v) is 6.90. The van der Waals surface area contributed by atoms with Gasteiger partial charge < -0.3 is 14.6 Å². The van der Waals surface area contributed by atoms with Gasteiger partial charge in [0, 0.05) is 24.8 Å². The zero-order chi connectivity index (χ0) is 14.1. The van der Waals surface area contributed by atoms with E-state index in [2.05, 4.69) is 11.4 Å². The summed E-state index contributed by atoms with van der Waals surface area (Å²) in [5, 5.41) is 3.69. The van der Waals surface area contributed by atoms with E-state index in [0.717, 1.165) is 30.1 Å². The molecule has 2 heterocycles. The molecule has 20 heavy (non-hydrogen) atoms. The second-order valence-electron chi connectivity index (χ2n) is 4.82. The highest BCUT2D eigenvalue weighted by molar-refractivity contribution is 6.28. The van der Waals surface area contributed by atoms with Crippen molar-refractivity contribution in [3.05, 3.63) is 46.9 Å². The molecule has 1 aliphatic rings. The van der Waals surface area contributed by atoms with E-state index < -0.39 is 0 Å². The number of nitrogens with one attached hydrogen (secondary N) is 1. The molecule has 4 nitrogen and oxygen atoms in total. The number of hydrogen-bond donors (Lipinski definition) is 1. The first kappa shape index (κ1) is 13.1. The quantitative estimate of drug-likeness (QED) is 0.941. The van der Waals surface area contributed by atoms with Crippen LogP contribution in [0, 0.1) is 0 Å². The van der Waals surface area contributed by atoms with Crippen LogP contribution in [0.25, 0.3) is 0 Å². The SMILES string of the molecule is CC(=O)N1CCc2cc(NCc3ccc(Cl)o3)ccc21. The molecular formula is C15H15ClN2O2. The lowest BCUT2D eigenvalue weighted by Gasteiger charge is -2.15. The van der Waals surface area contributed by atoms with Crippen molar-refractivity contribution in [2.75, 3.05) is 16.8 Å². The summed E-state index contributed by atoms with van der Waals surface area (Å²) in [4.78, 5) is 13.3. The number of rotatable bonds is 3. The highest BCUT2D eigenvalue weighted by Crippen LogP contribution is 2.30. The predicted octanol–water partition coefficient (Wildman–Crippen LogP) is 3.45. The lowest BCUT2D eigenvalue weighted by Crippen LogP contribution is -2.25. The van der Waals surface area contributed by atoms with Gasteiger partial charge >= 0.3 is 0 Å². The maximum absolute atomic E-state index is 11.5. The van der Waals surface area contributed by atoms with Crippen molar-refractivity contribution < 1.29 is 9.21 Å². The molecule has 0 saturated carbocycles. The Balaban J connectivity index is 1.72. The molecule has 5 heteroatoms. The Morgan fingerprint density at radius 2 is 2.25 bits per heavy atom. The van der Waals surface area contributed by atoms with Gasteiger partial charge in [-0.25, -0.2) is 0 Å². The molecule has 0 bridgehead atoms. The van der Waals surface area contributed by atoms with Crippen molar-refractivity contribution in [1.29, 1.82) is 0 Å². The molecule has 0 saturated heterocycles. The summed E-state index contributed by atoms with van der Waals surface area (Å²) < 4.78 is 5.30. The molecule has 0 fully saturated rings. The maximum Gasteiger partial charge on any atom is 0.223 e. The van der Waals surface area contributed by atoms with Gasteiger partial charge in [-0.3, -0.25) is 4.79 Å². The summed E-state index contributed by atoms with van der Waals surface area (Å²) in [6.07, 6.45) is 0.900. The third-order valence-corrected chi connectivity index (χ3v) is 3.65. The Bertz CT molecular complexity index is 651. The second kappa shape index (κ2) is 5.21. The minimum Gasteiger partial charge on any atom is -0.448 e. The van der Waals surface area contributed by atoms with E-state index in [-0.39, 0.29) is 5.91 Å². The van der Waals surface area contributed by atoms with Crippen molar-refractivity contribution in [2.24, 2.45) is 0 Å². The molecule has 0 aliphatic carbocycles. The standard InChI is InChI=1S/C15H15ClN2O2/c1-10(19)18-7-6-11-8-12(2-4-14(11)18)17-9-13-3-5-15(16)20-13/h2-5,8,17H,6-7,9H2,1H3. The number of benzene rings is 1. The predicted molar refractivity (Wildman–Crippen MR) is 79.2 cm³/mol. The van der Waals surface area contributed by atoms with E-state index in [9.17, 15) is 4.79 Å². The van der Waals surface area contributed by atoms with Crippen LogP contribution < -0.4 is 10.2 Å². The summed E-state index contributed by atoms with van der Waals surface area (Å²) in [5.74, 6) is 0.885. The third kappa shape index (κ3) is 2.51. The summed E-state index contributed by atoms with van der Waals surface area (Å²) in [6, 6.07) is 9.63. The summed E-state index contributed by atoms with van der Waals surface area (Å²) in [5.41, 5.74) is 3.23. The van der Waals surface area contributed by atoms with Crippen molar-refractivity contribution >= 4 is 28.9 Å². The van der Waals surface area contributed by atoms with Crippen LogP contribution in [0.2, 0.25) is 5.22 Å². The molecule has 104 valence electrons. The number of carbonyl (C=O) groups is 1. The zero-order valence-electron chi connectivity index (χ0n) is 11.1. The van der Waals surface area contributed by atoms with Crippen LogP contribution in [-0.4, -0.2) is 12.5 Å². The lowest BCUT2D eigenvalue weighted by molar-refractivity contribution is -0.116. The van der Waals surface area contributed by atoms with Crippen molar-refractivity contribution in [1.82, 2.24) is 0 Å². The first-order valence-electron chi connectivity index (χ1n) is 6.52. The van der Waals surface area contributed by atoms with Crippen LogP contribution in [-0.2, 0) is 17.8 Å². The Morgan fingerprint density at radius 1 is 1.40 bits per heavy atom. The van der Waals surface area contributed by atoms with Gasteiger partial charge in [0.25, 0.3) is 0 Å². The Labute approximate surface area is 122 Å². The zero-order valence-corrected chi connectivity index (χ0v) is 11.9. The number of nitrogens with zero attached hydrogens (tertiary/aromatic N) is 1. The highest BCUT2D eigenvalue weighted by Gasteiger charge is 2.21. The largest absolute Gasteiger partial charge is 0.448 e. The Hall–Kier alpha value is -1.94. The van der Waals surface area contributed by atoms with Crippen molar-refractivity contribution in [3.63, 3.8) is 0 Å². The van der Waals surface area contributed by atoms with Gasteiger partial charge in [0.15, 0.2) is 5.22 Å². The normalized spacial score (nSPS) is 13.4. The molecule has 0 spiro atoms. The number of amides is 1. The summed E-state index contributed by atoms with van der Waals surface area (Å²) in [7, 11) is 0. The number of fused-ring (bicyclic) bond motifs is 1. The van der Waals surface area contributed by atoms with Crippen LogP contribution in [0.15, 0.2) is 34.7 Å². The molecular weight excluding hydrogens is 276 g/mol. The minimum absolute atomic E-state index is 0.0923. The average molecular weight is 291 g/mol. The molecule has 0 atom stereocenters. The Morgan fingerprint density at radius 3 is 2.95 bits per heavy atom. The van der Waals surface area contributed by atoms with Gasteiger partial charge in [-0.05, 0) is 53.9 Å². The van der Waals surface area contributed by atoms with E-state index in [1.807, 2.05) is 23.1 Å². The van der Waals surface area contributed by atoms with Crippen LogP contribution in [0.4, 0.5) is 11.4 Å². The molecule has 3 rings (SSSR count). The van der Waals surface area contributed by atoms with E-state index in [1.54, 1.807) is 13.0 Å². The molecule has 1 aromatic heterocycles. The van der Waals surface area contributed by atoms with E-state index >= 15 is 0 Å². The van der Waals surface area contributed by atoms with Crippen molar-refractivity contribution in [3.8, 4) is 0 Å². The molecule has 0 unspecified atom stereocenters. The van der Waals surface area contributed by atoms with Gasteiger partial charge in [-0.15, -0.1) is 0 Å². The lowest BCUT2D eigenvalue weighted by atomic mass is 10.1. The fourth-order valence-electron chi connectivity index (χ4n) is 2.47. The minimum atomic E-state index is 0.0923. The van der Waals surface area contributed by atoms with E-state index in [0.29, 0.717) is 11.8 Å². The number of anilines is 2. The van der Waals surface area contributed by atoms with Gasteiger partial charge in [0.05, 0.1) is 6.54 Å². The summed E-state index contributed by atoms with van der Waals surface area (Å²) >= 11 is 5.73. The first-order chi connectivity index (χ1) is 9.63. The fourth-order valence-corrected chi connectivity index (χ4v) is 2.64. The van der Waals surface area contributed by atoms with Crippen molar-refractivity contribution in [2.45, 2.75) is 19.9 Å². The van der Waals surface area contributed by atoms with Crippen LogP contribution in [0.3, 0.4) is 0 Å². The monoisotopic (exact) mass is 290 g/mol. The topological polar surface area (TPSA) is 45.5 Å². The fraction of sp³-hybridized carbons (Fsp3) is 0.267. The molecule has 1 amide bonds. The van der Waals surface area contributed by atoms with Crippen LogP contribution in [0.5, 0.6) is 0 Å². The number of halogens is 1. The smallest absolute Gasteiger partial charge is 0.223 e. The molecule has 0 radical (unpaired) electrons. The second-order valence-corrected chi connectivity index (χ2v) is 5.20. The van der Waals surface area contributed by atoms with E-state index in [1.165, 1.54) is 5.56 Å². The molecule has 1 aromatic carbocycles. The Kier molecular flexibility index (Phi) is 3.40. The highest BCUT2D eigenvalue weighted by atomic mass is 35.5. The number of carbonyl (C=O) groups excluding carboxylic acids is 1. The van der Waals surface area contributed by atoms with Crippen LogP contribution in [0.1, 0.15) is 18.2 Å². The van der Waals surface area contributed by atoms with Gasteiger partial charge in [-0.2, -0.15) is 0 Å². The van der Waals surface area contributed by atoms with Gasteiger partial charge in [0.1, 0.15) is 5.76 Å². The number of hydrogen-bond acceptors (Lipinski definition) is 3. The molecule has 2 aromatic rings. The van der Waals surface area contributed by atoms with Crippen LogP contribution >= 0.6 is 11.6 Å². The maximum atomic E-state index is 11.5. The molecule has 1 N–H and O–H groups in total. The number of furan rings is 1. The van der Waals surface area contributed by atoms with Gasteiger partial charge in [-0.1, -0.05) is 0 Å². The summed E-state index contributed by atoms with van der Waals surface area (Å²) in [6.45, 7) is 2.95. The van der Waals surface area contributed by atoms with E-state index in [4.69, 9.17) is 16.0 Å². The van der Waals surface area contributed by atoms with Gasteiger partial charge in [0.2, 0.25) is 5.91 Å². The average Bonchev–Trinajstić information content (AvgIpc) is 3.01.